The molecule has 0 radical (unpaired) electrons. The fourth-order valence-corrected chi connectivity index (χ4v) is 5.14. The molecule has 1 aromatic rings. The molecule has 1 saturated carbocycles. The molecule has 7 heteroatoms. The van der Waals surface area contributed by atoms with Gasteiger partial charge in [-0.15, -0.1) is 0 Å². The molecule has 0 aromatic heterocycles. The van der Waals surface area contributed by atoms with E-state index < -0.39 is 25.9 Å². The lowest BCUT2D eigenvalue weighted by Crippen LogP contribution is -2.55. The third kappa shape index (κ3) is 3.06. The Labute approximate surface area is 153 Å². The van der Waals surface area contributed by atoms with Gasteiger partial charge < -0.3 is 5.73 Å². The first kappa shape index (κ1) is 19.0. The summed E-state index contributed by atoms with van der Waals surface area (Å²) in [5.74, 6) is -0.645. The van der Waals surface area contributed by atoms with Crippen molar-refractivity contribution in [3.05, 3.63) is 35.1 Å². The van der Waals surface area contributed by atoms with Gasteiger partial charge in [0.05, 0.1) is 5.75 Å². The largest absolute Gasteiger partial charge is 0.386 e. The number of aliphatic imine (C=N–C) groups is 1. The molecule has 1 fully saturated rings. The van der Waals surface area contributed by atoms with Crippen molar-refractivity contribution in [3.8, 4) is 0 Å². The Morgan fingerprint density at radius 2 is 1.96 bits per heavy atom. The number of ketones is 1. The topological polar surface area (TPSA) is 89.6 Å². The van der Waals surface area contributed by atoms with Crippen molar-refractivity contribution in [3.63, 3.8) is 0 Å². The number of rotatable bonds is 4. The summed E-state index contributed by atoms with van der Waals surface area (Å²) in [6, 6.07) is 4.42. The van der Waals surface area contributed by atoms with E-state index in [9.17, 15) is 17.6 Å². The molecule has 1 aliphatic heterocycles. The van der Waals surface area contributed by atoms with Gasteiger partial charge in [-0.2, -0.15) is 0 Å². The van der Waals surface area contributed by atoms with Crippen molar-refractivity contribution in [1.82, 2.24) is 0 Å². The third-order valence-corrected chi connectivity index (χ3v) is 8.49. The predicted octanol–water partition coefficient (Wildman–Crippen LogP) is 2.52. The summed E-state index contributed by atoms with van der Waals surface area (Å²) in [4.78, 5) is 16.6. The molecule has 1 aromatic carbocycles. The average Bonchev–Trinajstić information content (AvgIpc) is 2.45. The molecule has 3 rings (SSSR count). The molecule has 2 N–H and O–H groups in total. The van der Waals surface area contributed by atoms with Crippen LogP contribution in [0.3, 0.4) is 0 Å². The van der Waals surface area contributed by atoms with Gasteiger partial charge in [0.1, 0.15) is 27.7 Å². The molecule has 0 spiro atoms. The van der Waals surface area contributed by atoms with Crippen molar-refractivity contribution in [2.75, 3.05) is 5.75 Å². The van der Waals surface area contributed by atoms with Gasteiger partial charge in [0.15, 0.2) is 9.84 Å². The summed E-state index contributed by atoms with van der Waals surface area (Å²) in [7, 11) is -3.62. The number of hydrogen-bond acceptors (Lipinski definition) is 5. The summed E-state index contributed by atoms with van der Waals surface area (Å²) in [5.41, 5.74) is 5.46. The monoisotopic (exact) mass is 380 g/mol. The second-order valence-electron chi connectivity index (χ2n) is 8.13. The van der Waals surface area contributed by atoms with Crippen molar-refractivity contribution in [1.29, 1.82) is 0 Å². The first-order chi connectivity index (χ1) is 12.0. The highest BCUT2D eigenvalue weighted by Crippen LogP contribution is 2.38. The van der Waals surface area contributed by atoms with Crippen LogP contribution in [0.15, 0.2) is 23.2 Å². The molecule has 0 bridgehead atoms. The molecule has 0 amide bonds. The van der Waals surface area contributed by atoms with E-state index in [1.807, 2.05) is 0 Å². The van der Waals surface area contributed by atoms with E-state index in [4.69, 9.17) is 5.73 Å². The van der Waals surface area contributed by atoms with Crippen molar-refractivity contribution in [2.24, 2.45) is 16.6 Å². The SMILES string of the molecule is CC1(C)C(N)=N[C@](C)(c2cc(CC(=O)C3CCC3)ccc2F)CS1(=O)=O. The maximum Gasteiger partial charge on any atom is 0.165 e. The molecule has 142 valence electrons. The molecule has 2 aliphatic rings. The fourth-order valence-electron chi connectivity index (χ4n) is 3.45. The van der Waals surface area contributed by atoms with Crippen LogP contribution in [0.5, 0.6) is 0 Å². The summed E-state index contributed by atoms with van der Waals surface area (Å²) >= 11 is 0. The molecule has 0 saturated heterocycles. The van der Waals surface area contributed by atoms with E-state index in [1.165, 1.54) is 19.9 Å². The molecular weight excluding hydrogens is 355 g/mol. The molecule has 1 aliphatic carbocycles. The minimum atomic E-state index is -3.62. The zero-order valence-electron chi connectivity index (χ0n) is 15.4. The van der Waals surface area contributed by atoms with E-state index in [2.05, 4.69) is 4.99 Å². The molecule has 1 atom stereocenters. The number of amidine groups is 1. The van der Waals surface area contributed by atoms with E-state index in [1.54, 1.807) is 19.1 Å². The van der Waals surface area contributed by atoms with Crippen LogP contribution in [0.1, 0.15) is 51.2 Å². The number of nitrogens with zero attached hydrogens (tertiary/aromatic N) is 1. The number of carbonyl (C=O) groups is 1. The quantitative estimate of drug-likeness (QED) is 0.869. The Bertz CT molecular complexity index is 888. The van der Waals surface area contributed by atoms with Gasteiger partial charge in [-0.05, 0) is 51.3 Å². The number of hydrogen-bond donors (Lipinski definition) is 1. The smallest absolute Gasteiger partial charge is 0.165 e. The van der Waals surface area contributed by atoms with E-state index in [0.717, 1.165) is 19.3 Å². The molecule has 1 heterocycles. The number of nitrogens with two attached hydrogens (primary N) is 1. The minimum Gasteiger partial charge on any atom is -0.386 e. The average molecular weight is 380 g/mol. The Balaban J connectivity index is 1.99. The summed E-state index contributed by atoms with van der Waals surface area (Å²) in [6.07, 6.45) is 3.13. The van der Waals surface area contributed by atoms with E-state index in [-0.39, 0.29) is 35.3 Å². The second-order valence-corrected chi connectivity index (χ2v) is 10.7. The molecule has 26 heavy (non-hydrogen) atoms. The first-order valence-electron chi connectivity index (χ1n) is 8.86. The molecular formula is C19H25FN2O3S. The van der Waals surface area contributed by atoms with Crippen LogP contribution in [0.4, 0.5) is 4.39 Å². The molecule has 5 nitrogen and oxygen atoms in total. The highest BCUT2D eigenvalue weighted by Gasteiger charge is 2.49. The first-order valence-corrected chi connectivity index (χ1v) is 10.5. The summed E-state index contributed by atoms with van der Waals surface area (Å²) in [6.45, 7) is 4.58. The van der Waals surface area contributed by atoms with Gasteiger partial charge in [-0.3, -0.25) is 9.79 Å². The van der Waals surface area contributed by atoms with Gasteiger partial charge in [0, 0.05) is 17.9 Å². The van der Waals surface area contributed by atoms with Gasteiger partial charge in [0.25, 0.3) is 0 Å². The van der Waals surface area contributed by atoms with Crippen LogP contribution in [0.2, 0.25) is 0 Å². The van der Waals surface area contributed by atoms with Gasteiger partial charge >= 0.3 is 0 Å². The van der Waals surface area contributed by atoms with Crippen LogP contribution in [-0.2, 0) is 26.6 Å². The van der Waals surface area contributed by atoms with E-state index in [0.29, 0.717) is 5.56 Å². The van der Waals surface area contributed by atoms with Crippen molar-refractivity contribution >= 4 is 21.5 Å². The zero-order valence-corrected chi connectivity index (χ0v) is 16.2. The highest BCUT2D eigenvalue weighted by molar-refractivity contribution is 7.93. The lowest BCUT2D eigenvalue weighted by Gasteiger charge is -2.38. The fraction of sp³-hybridized carbons (Fsp3) is 0.579. The second kappa shape index (κ2) is 6.15. The highest BCUT2D eigenvalue weighted by atomic mass is 32.2. The van der Waals surface area contributed by atoms with Crippen LogP contribution in [0.25, 0.3) is 0 Å². The normalized spacial score (nSPS) is 27.5. The van der Waals surface area contributed by atoms with Gasteiger partial charge in [0.2, 0.25) is 0 Å². The lowest BCUT2D eigenvalue weighted by atomic mass is 9.80. The van der Waals surface area contributed by atoms with Crippen LogP contribution in [-0.4, -0.2) is 30.5 Å². The van der Waals surface area contributed by atoms with Crippen molar-refractivity contribution in [2.45, 2.75) is 56.7 Å². The number of benzene rings is 1. The van der Waals surface area contributed by atoms with Crippen LogP contribution < -0.4 is 5.73 Å². The minimum absolute atomic E-state index is 0.0263. The standard InChI is InChI=1S/C19H25FN2O3S/c1-18(2)17(21)22-19(3,11-26(18,24)25)14-9-12(7-8-15(14)20)10-16(23)13-5-4-6-13/h7-9,13H,4-6,10-11H2,1-3H3,(H2,21,22)/t19-/m0/s1. The lowest BCUT2D eigenvalue weighted by molar-refractivity contribution is -0.124. The van der Waals surface area contributed by atoms with Gasteiger partial charge in [-0.1, -0.05) is 12.5 Å². The van der Waals surface area contributed by atoms with Crippen molar-refractivity contribution < 1.29 is 17.6 Å². The van der Waals surface area contributed by atoms with Crippen LogP contribution in [0, 0.1) is 11.7 Å². The maximum atomic E-state index is 14.6. The molecule has 0 unspecified atom stereocenters. The summed E-state index contributed by atoms with van der Waals surface area (Å²) < 4.78 is 38.6. The zero-order chi connectivity index (χ0) is 19.3. The third-order valence-electron chi connectivity index (χ3n) is 5.78. The maximum absolute atomic E-state index is 14.6. The number of sulfone groups is 1. The Kier molecular flexibility index (Phi) is 4.50. The Morgan fingerprint density at radius 3 is 2.50 bits per heavy atom. The Morgan fingerprint density at radius 1 is 1.31 bits per heavy atom. The summed E-state index contributed by atoms with van der Waals surface area (Å²) in [5, 5.41) is 0. The predicted molar refractivity (Wildman–Crippen MR) is 99.3 cm³/mol. The van der Waals surface area contributed by atoms with Crippen LogP contribution >= 0.6 is 0 Å². The van der Waals surface area contributed by atoms with Gasteiger partial charge in [-0.25, -0.2) is 12.8 Å². The number of carbonyl (C=O) groups excluding carboxylic acids is 1. The van der Waals surface area contributed by atoms with E-state index >= 15 is 0 Å². The Hall–Kier alpha value is -1.76. The number of Topliss-reactive ketones (excluding diaryl/α,β-unsaturated/α-hetero) is 1. The number of halogens is 1.